The molecule has 1 aliphatic carbocycles. The van der Waals surface area contributed by atoms with Gasteiger partial charge in [-0.15, -0.1) is 6.58 Å². The molecule has 2 amide bonds. The Morgan fingerprint density at radius 1 is 1.33 bits per heavy atom. The van der Waals surface area contributed by atoms with Crippen LogP contribution in [0.25, 0.3) is 0 Å². The SMILES string of the molecule is C=CCN1C(=O)[C@@H](CC(=O)NCCCOCCCC)[C@]2(C(=O)OC)CCCCC=C12. The van der Waals surface area contributed by atoms with E-state index in [1.54, 1.807) is 11.0 Å². The molecule has 0 unspecified atom stereocenters. The molecule has 1 fully saturated rings. The predicted molar refractivity (Wildman–Crippen MR) is 114 cm³/mol. The average molecular weight is 421 g/mol. The molecule has 1 aliphatic heterocycles. The number of rotatable bonds is 12. The zero-order valence-electron chi connectivity index (χ0n) is 18.4. The Morgan fingerprint density at radius 2 is 2.10 bits per heavy atom. The second kappa shape index (κ2) is 11.9. The summed E-state index contributed by atoms with van der Waals surface area (Å²) < 4.78 is 10.7. The normalized spacial score (nSPS) is 23.4. The van der Waals surface area contributed by atoms with Crippen molar-refractivity contribution in [2.24, 2.45) is 11.3 Å². The van der Waals surface area contributed by atoms with Crippen LogP contribution in [-0.4, -0.2) is 56.1 Å². The third-order valence-electron chi connectivity index (χ3n) is 5.95. The molecule has 2 rings (SSSR count). The number of carbonyl (C=O) groups is 3. The van der Waals surface area contributed by atoms with Crippen molar-refractivity contribution in [3.63, 3.8) is 0 Å². The first kappa shape index (κ1) is 24.1. The van der Waals surface area contributed by atoms with Crippen molar-refractivity contribution in [2.45, 2.75) is 58.3 Å². The van der Waals surface area contributed by atoms with E-state index < -0.39 is 17.3 Å². The largest absolute Gasteiger partial charge is 0.468 e. The van der Waals surface area contributed by atoms with Crippen LogP contribution in [0.15, 0.2) is 24.4 Å². The minimum absolute atomic E-state index is 0.0321. The molecule has 2 aliphatic rings. The van der Waals surface area contributed by atoms with Gasteiger partial charge in [-0.1, -0.05) is 31.9 Å². The summed E-state index contributed by atoms with van der Waals surface area (Å²) >= 11 is 0. The predicted octanol–water partition coefficient (Wildman–Crippen LogP) is 2.96. The fourth-order valence-electron chi connectivity index (χ4n) is 4.44. The number of nitrogens with zero attached hydrogens (tertiary/aromatic N) is 1. The molecule has 7 nitrogen and oxygen atoms in total. The molecule has 0 aromatic heterocycles. The van der Waals surface area contributed by atoms with Gasteiger partial charge in [0.1, 0.15) is 5.41 Å². The summed E-state index contributed by atoms with van der Waals surface area (Å²) in [6, 6.07) is 0. The number of hydrogen-bond acceptors (Lipinski definition) is 5. The fourth-order valence-corrected chi connectivity index (χ4v) is 4.44. The van der Waals surface area contributed by atoms with Crippen LogP contribution in [0.5, 0.6) is 0 Å². The van der Waals surface area contributed by atoms with Gasteiger partial charge < -0.3 is 19.7 Å². The summed E-state index contributed by atoms with van der Waals surface area (Å²) in [6.45, 7) is 7.98. The highest BCUT2D eigenvalue weighted by Gasteiger charge is 2.61. The highest BCUT2D eigenvalue weighted by atomic mass is 16.5. The molecule has 7 heteroatoms. The molecule has 2 atom stereocenters. The van der Waals surface area contributed by atoms with Gasteiger partial charge in [0.05, 0.1) is 13.0 Å². The van der Waals surface area contributed by atoms with Gasteiger partial charge in [-0.05, 0) is 32.1 Å². The Labute approximate surface area is 179 Å². The van der Waals surface area contributed by atoms with Gasteiger partial charge in [0, 0.05) is 38.4 Å². The van der Waals surface area contributed by atoms with E-state index >= 15 is 0 Å². The number of hydrogen-bond donors (Lipinski definition) is 1. The van der Waals surface area contributed by atoms with Crippen LogP contribution in [0, 0.1) is 11.3 Å². The smallest absolute Gasteiger partial charge is 0.318 e. The number of amides is 2. The first-order valence-electron chi connectivity index (χ1n) is 11.1. The van der Waals surface area contributed by atoms with Crippen LogP contribution in [-0.2, 0) is 23.9 Å². The molecule has 0 radical (unpaired) electrons. The number of nitrogens with one attached hydrogen (secondary N) is 1. The Bertz CT molecular complexity index is 660. The van der Waals surface area contributed by atoms with Gasteiger partial charge in [0.15, 0.2) is 0 Å². The van der Waals surface area contributed by atoms with E-state index in [4.69, 9.17) is 9.47 Å². The number of likely N-dealkylation sites (tertiary alicyclic amines) is 1. The molecule has 0 saturated carbocycles. The Hall–Kier alpha value is -2.15. The molecular weight excluding hydrogens is 384 g/mol. The molecule has 0 bridgehead atoms. The number of fused-ring (bicyclic) bond motifs is 1. The molecule has 1 heterocycles. The number of carbonyl (C=O) groups excluding carboxylic acids is 3. The summed E-state index contributed by atoms with van der Waals surface area (Å²) in [6.07, 6.45) is 9.46. The zero-order chi connectivity index (χ0) is 22.0. The molecule has 30 heavy (non-hydrogen) atoms. The first-order valence-corrected chi connectivity index (χ1v) is 11.1. The number of unbranched alkanes of at least 4 members (excludes halogenated alkanes) is 1. The molecule has 0 spiro atoms. The van der Waals surface area contributed by atoms with Gasteiger partial charge in [-0.2, -0.15) is 0 Å². The van der Waals surface area contributed by atoms with Crippen molar-refractivity contribution in [2.75, 3.05) is 33.4 Å². The van der Waals surface area contributed by atoms with Gasteiger partial charge in [-0.25, -0.2) is 0 Å². The summed E-state index contributed by atoms with van der Waals surface area (Å²) in [7, 11) is 1.34. The third kappa shape index (κ3) is 5.31. The lowest BCUT2D eigenvalue weighted by molar-refractivity contribution is -0.155. The van der Waals surface area contributed by atoms with E-state index in [1.807, 2.05) is 6.08 Å². The van der Waals surface area contributed by atoms with Crippen LogP contribution in [0.3, 0.4) is 0 Å². The lowest BCUT2D eigenvalue weighted by Gasteiger charge is -2.31. The van der Waals surface area contributed by atoms with Crippen LogP contribution in [0.1, 0.15) is 58.3 Å². The molecule has 1 N–H and O–H groups in total. The number of esters is 1. The van der Waals surface area contributed by atoms with E-state index in [9.17, 15) is 14.4 Å². The van der Waals surface area contributed by atoms with E-state index in [-0.39, 0.29) is 18.2 Å². The molecule has 0 aromatic rings. The third-order valence-corrected chi connectivity index (χ3v) is 5.95. The maximum absolute atomic E-state index is 13.2. The van der Waals surface area contributed by atoms with Crippen LogP contribution >= 0.6 is 0 Å². The second-order valence-electron chi connectivity index (χ2n) is 7.96. The summed E-state index contributed by atoms with van der Waals surface area (Å²) in [4.78, 5) is 40.5. The maximum atomic E-state index is 13.2. The van der Waals surface area contributed by atoms with Crippen molar-refractivity contribution in [1.82, 2.24) is 10.2 Å². The Balaban J connectivity index is 2.09. The van der Waals surface area contributed by atoms with Crippen molar-refractivity contribution >= 4 is 17.8 Å². The second-order valence-corrected chi connectivity index (χ2v) is 7.96. The quantitative estimate of drug-likeness (QED) is 0.298. The molecule has 1 saturated heterocycles. The number of ether oxygens (including phenoxy) is 2. The lowest BCUT2D eigenvalue weighted by atomic mass is 9.71. The van der Waals surface area contributed by atoms with Gasteiger partial charge in [0.2, 0.25) is 11.8 Å². The summed E-state index contributed by atoms with van der Waals surface area (Å²) in [5.74, 6) is -1.62. The average Bonchev–Trinajstić information content (AvgIpc) is 2.88. The van der Waals surface area contributed by atoms with E-state index in [2.05, 4.69) is 18.8 Å². The molecular formula is C23H36N2O5. The van der Waals surface area contributed by atoms with E-state index in [0.29, 0.717) is 38.2 Å². The minimum Gasteiger partial charge on any atom is -0.468 e. The Morgan fingerprint density at radius 3 is 2.80 bits per heavy atom. The monoisotopic (exact) mass is 420 g/mol. The van der Waals surface area contributed by atoms with Crippen LogP contribution in [0.4, 0.5) is 0 Å². The highest BCUT2D eigenvalue weighted by molar-refractivity contribution is 5.98. The van der Waals surface area contributed by atoms with Gasteiger partial charge >= 0.3 is 5.97 Å². The van der Waals surface area contributed by atoms with Crippen molar-refractivity contribution in [1.29, 1.82) is 0 Å². The van der Waals surface area contributed by atoms with Gasteiger partial charge in [-0.3, -0.25) is 14.4 Å². The molecule has 0 aromatic carbocycles. The maximum Gasteiger partial charge on any atom is 0.318 e. The van der Waals surface area contributed by atoms with Crippen molar-refractivity contribution in [3.05, 3.63) is 24.4 Å². The number of allylic oxidation sites excluding steroid dienone is 1. The standard InChI is InChI=1S/C23H36N2O5/c1-4-6-15-30-16-10-13-24-20(26)17-18-21(27)25(14-5-2)19-11-8-7-9-12-23(18,19)22(28)29-3/h5,11,18H,2,4,6-10,12-17H2,1,3H3,(H,24,26)/t18-,23-/m1/s1. The number of methoxy groups -OCH3 is 1. The van der Waals surface area contributed by atoms with E-state index in [0.717, 1.165) is 38.7 Å². The summed E-state index contributed by atoms with van der Waals surface area (Å²) in [5, 5.41) is 2.87. The lowest BCUT2D eigenvalue weighted by Crippen LogP contribution is -2.41. The summed E-state index contributed by atoms with van der Waals surface area (Å²) in [5.41, 5.74) is -0.412. The van der Waals surface area contributed by atoms with E-state index in [1.165, 1.54) is 7.11 Å². The molecule has 168 valence electrons. The fraction of sp³-hybridized carbons (Fsp3) is 0.696. The first-order chi connectivity index (χ1) is 14.5. The highest BCUT2D eigenvalue weighted by Crippen LogP contribution is 2.52. The minimum atomic E-state index is -1.09. The topological polar surface area (TPSA) is 84.9 Å². The van der Waals surface area contributed by atoms with Gasteiger partial charge in [0.25, 0.3) is 0 Å². The van der Waals surface area contributed by atoms with Crippen molar-refractivity contribution in [3.8, 4) is 0 Å². The Kier molecular flexibility index (Phi) is 9.56. The van der Waals surface area contributed by atoms with Crippen LogP contribution in [0.2, 0.25) is 0 Å². The van der Waals surface area contributed by atoms with Crippen LogP contribution < -0.4 is 5.32 Å². The zero-order valence-corrected chi connectivity index (χ0v) is 18.4. The van der Waals surface area contributed by atoms with Crippen molar-refractivity contribution < 1.29 is 23.9 Å².